The SMILES string of the molecule is CN1CCN([C@@H]2CCCN(c3cnc(C(N)=O)c(Nc4ccc(C5CCN(C[C@H]6C[C@H](Nc7cccc8c7C(=O)N([C@@H]7CCC(=O)NC7=O)C8O)C6)CC5)cc4)n3)C2)C1=O. The summed E-state index contributed by atoms with van der Waals surface area (Å²) in [7, 11) is 1.83. The third-order valence-corrected chi connectivity index (χ3v) is 13.4. The summed E-state index contributed by atoms with van der Waals surface area (Å²) in [6, 6.07) is 13.2. The van der Waals surface area contributed by atoms with Crippen molar-refractivity contribution in [3.8, 4) is 0 Å². The fraction of sp³-hybridized carbons (Fsp3) is 0.512. The number of hydrogen-bond acceptors (Lipinski definition) is 12. The van der Waals surface area contributed by atoms with Crippen LogP contribution in [0.25, 0.3) is 0 Å². The zero-order chi connectivity index (χ0) is 41.7. The van der Waals surface area contributed by atoms with Crippen LogP contribution >= 0.6 is 0 Å². The van der Waals surface area contributed by atoms with Gasteiger partial charge in [-0.3, -0.25) is 29.4 Å². The number of aromatic nitrogens is 2. The van der Waals surface area contributed by atoms with Crippen molar-refractivity contribution in [1.29, 1.82) is 0 Å². The second kappa shape index (κ2) is 16.3. The van der Waals surface area contributed by atoms with Gasteiger partial charge in [-0.25, -0.2) is 14.8 Å². The Morgan fingerprint density at radius 2 is 1.75 bits per heavy atom. The number of likely N-dealkylation sites (tertiary alicyclic amines) is 1. The Bertz CT molecular complexity index is 2170. The van der Waals surface area contributed by atoms with Crippen LogP contribution in [0.3, 0.4) is 0 Å². The maximum Gasteiger partial charge on any atom is 0.320 e. The predicted octanol–water partition coefficient (Wildman–Crippen LogP) is 2.98. The van der Waals surface area contributed by atoms with Gasteiger partial charge in [-0.1, -0.05) is 24.3 Å². The molecule has 1 aliphatic carbocycles. The van der Waals surface area contributed by atoms with Gasteiger partial charge in [-0.2, -0.15) is 0 Å². The van der Waals surface area contributed by atoms with Gasteiger partial charge >= 0.3 is 6.03 Å². The van der Waals surface area contributed by atoms with E-state index in [9.17, 15) is 29.1 Å². The van der Waals surface area contributed by atoms with E-state index in [0.29, 0.717) is 46.8 Å². The Morgan fingerprint density at radius 3 is 2.47 bits per heavy atom. The van der Waals surface area contributed by atoms with Crippen LogP contribution in [-0.2, 0) is 9.59 Å². The summed E-state index contributed by atoms with van der Waals surface area (Å²) in [6.45, 7) is 5.93. The van der Waals surface area contributed by atoms with Crippen molar-refractivity contribution in [3.05, 3.63) is 71.0 Å². The van der Waals surface area contributed by atoms with Gasteiger partial charge in [0.1, 0.15) is 11.9 Å². The van der Waals surface area contributed by atoms with Crippen LogP contribution in [0.2, 0.25) is 0 Å². The minimum absolute atomic E-state index is 0.0610. The number of piperidine rings is 3. The lowest BCUT2D eigenvalue weighted by atomic mass is 9.79. The van der Waals surface area contributed by atoms with Gasteiger partial charge in [0.05, 0.1) is 17.8 Å². The molecule has 9 rings (SSSR count). The van der Waals surface area contributed by atoms with E-state index < -0.39 is 30.0 Å². The highest BCUT2D eigenvalue weighted by Gasteiger charge is 2.46. The lowest BCUT2D eigenvalue weighted by molar-refractivity contribution is -0.139. The van der Waals surface area contributed by atoms with Crippen LogP contribution < -0.4 is 26.6 Å². The molecule has 60 heavy (non-hydrogen) atoms. The highest BCUT2D eigenvalue weighted by Crippen LogP contribution is 2.41. The molecule has 1 aromatic heterocycles. The molecule has 3 aromatic rings. The monoisotopic (exact) mass is 819 g/mol. The molecule has 316 valence electrons. The molecule has 0 bridgehead atoms. The third kappa shape index (κ3) is 7.71. The quantitative estimate of drug-likeness (QED) is 0.177. The third-order valence-electron chi connectivity index (χ3n) is 13.4. The number of primary amides is 1. The summed E-state index contributed by atoms with van der Waals surface area (Å²) in [5.74, 6) is -0.0438. The molecule has 6 N–H and O–H groups in total. The van der Waals surface area contributed by atoms with Gasteiger partial charge in [0.15, 0.2) is 17.7 Å². The first kappa shape index (κ1) is 39.6. The predicted molar refractivity (Wildman–Crippen MR) is 223 cm³/mol. The molecule has 6 aliphatic rings. The van der Waals surface area contributed by atoms with Gasteiger partial charge in [0, 0.05) is 69.2 Å². The maximum absolute atomic E-state index is 13.6. The first-order valence-corrected chi connectivity index (χ1v) is 21.3. The molecular formula is C43H53N11O6. The van der Waals surface area contributed by atoms with E-state index in [2.05, 4.69) is 42.9 Å². The number of anilines is 4. The van der Waals surface area contributed by atoms with Crippen molar-refractivity contribution >= 4 is 52.7 Å². The Kier molecular flexibility index (Phi) is 10.8. The Balaban J connectivity index is 0.754. The van der Waals surface area contributed by atoms with E-state index in [-0.39, 0.29) is 42.6 Å². The van der Waals surface area contributed by atoms with Crippen LogP contribution in [0.4, 0.5) is 27.8 Å². The number of nitrogens with one attached hydrogen (secondary N) is 3. The molecule has 5 fully saturated rings. The molecule has 17 nitrogen and oxygen atoms in total. The zero-order valence-corrected chi connectivity index (χ0v) is 33.9. The number of rotatable bonds is 11. The molecule has 1 unspecified atom stereocenters. The number of urea groups is 1. The number of hydrogen-bond donors (Lipinski definition) is 5. The number of fused-ring (bicyclic) bond motifs is 1. The number of carbonyl (C=O) groups excluding carboxylic acids is 5. The van der Waals surface area contributed by atoms with Crippen LogP contribution in [0.1, 0.15) is 95.5 Å². The highest BCUT2D eigenvalue weighted by molar-refractivity contribution is 6.08. The average molecular weight is 820 g/mol. The number of carbonyl (C=O) groups is 5. The maximum atomic E-state index is 13.6. The van der Waals surface area contributed by atoms with Crippen molar-refractivity contribution in [2.24, 2.45) is 11.7 Å². The molecule has 3 atom stereocenters. The van der Waals surface area contributed by atoms with Crippen LogP contribution in [0.15, 0.2) is 48.7 Å². The summed E-state index contributed by atoms with van der Waals surface area (Å²) in [4.78, 5) is 81.6. The zero-order valence-electron chi connectivity index (χ0n) is 33.9. The summed E-state index contributed by atoms with van der Waals surface area (Å²) in [6.07, 6.45) is 6.59. The first-order chi connectivity index (χ1) is 29.0. The first-order valence-electron chi connectivity index (χ1n) is 21.3. The number of nitrogens with two attached hydrogens (primary N) is 1. The molecule has 0 radical (unpaired) electrons. The van der Waals surface area contributed by atoms with Gasteiger partial charge in [-0.15, -0.1) is 0 Å². The normalized spacial score (nSPS) is 26.3. The van der Waals surface area contributed by atoms with E-state index in [4.69, 9.17) is 10.7 Å². The fourth-order valence-corrected chi connectivity index (χ4v) is 10.0. The Labute approximate surface area is 348 Å². The van der Waals surface area contributed by atoms with Gasteiger partial charge in [0.2, 0.25) is 11.8 Å². The Morgan fingerprint density at radius 1 is 0.967 bits per heavy atom. The molecular weight excluding hydrogens is 767 g/mol. The second-order valence-electron chi connectivity index (χ2n) is 17.3. The van der Waals surface area contributed by atoms with Crippen molar-refractivity contribution in [2.75, 3.05) is 68.4 Å². The molecule has 5 aliphatic heterocycles. The van der Waals surface area contributed by atoms with Crippen molar-refractivity contribution < 1.29 is 29.1 Å². The number of likely N-dealkylation sites (N-methyl/N-ethyl adjacent to an activating group) is 1. The lowest BCUT2D eigenvalue weighted by Crippen LogP contribution is -2.53. The standard InChI is InChI=1S/C43H53N11O6/c1-50-18-19-53(43(50)60)30-4-3-15-52(24-30)34-22-45-37(38(44)56)39(48-34)47-28-9-7-26(8-10-28)27-13-16-51(17-14-27)23-25-20-29(21-25)46-32-6-2-5-31-36(32)42(59)54(41(31)58)33-11-12-35(55)49-40(33)57/h2,5-10,22,25,27,29-30,33,41,46,58H,3-4,11-21,23-24H2,1H3,(H2,44,56)(H,47,48)(H,49,55,57)/t25-,29-,30-,33-,41?/m1/s1. The number of aliphatic hydroxyl groups excluding tert-OH is 1. The van der Waals surface area contributed by atoms with E-state index >= 15 is 0 Å². The minimum Gasteiger partial charge on any atom is -0.382 e. The molecule has 4 saturated heterocycles. The number of imide groups is 1. The Hall–Kier alpha value is -5.81. The largest absolute Gasteiger partial charge is 0.382 e. The van der Waals surface area contributed by atoms with Crippen LogP contribution in [0.5, 0.6) is 0 Å². The van der Waals surface area contributed by atoms with Gasteiger partial charge in [-0.05, 0) is 93.6 Å². The van der Waals surface area contributed by atoms with Crippen LogP contribution in [-0.4, -0.2) is 135 Å². The molecule has 6 amide bonds. The number of amides is 6. The van der Waals surface area contributed by atoms with E-state index in [0.717, 1.165) is 83.5 Å². The second-order valence-corrected chi connectivity index (χ2v) is 17.3. The average Bonchev–Trinajstić information content (AvgIpc) is 3.70. The summed E-state index contributed by atoms with van der Waals surface area (Å²) in [5.41, 5.74) is 9.39. The van der Waals surface area contributed by atoms with E-state index in [1.54, 1.807) is 17.2 Å². The number of aliphatic hydroxyl groups is 1. The van der Waals surface area contributed by atoms with E-state index in [1.165, 1.54) is 10.5 Å². The van der Waals surface area contributed by atoms with Crippen molar-refractivity contribution in [2.45, 2.75) is 81.6 Å². The van der Waals surface area contributed by atoms with Gasteiger partial charge < -0.3 is 41.1 Å². The smallest absolute Gasteiger partial charge is 0.320 e. The topological polar surface area (TPSA) is 210 Å². The number of nitrogens with zero attached hydrogens (tertiary/aromatic N) is 7. The minimum atomic E-state index is -1.24. The van der Waals surface area contributed by atoms with E-state index in [1.807, 2.05) is 36.2 Å². The molecule has 17 heteroatoms. The molecule has 6 heterocycles. The van der Waals surface area contributed by atoms with Crippen LogP contribution in [0, 0.1) is 5.92 Å². The highest BCUT2D eigenvalue weighted by atomic mass is 16.3. The molecule has 1 saturated carbocycles. The summed E-state index contributed by atoms with van der Waals surface area (Å²) >= 11 is 0. The summed E-state index contributed by atoms with van der Waals surface area (Å²) < 4.78 is 0. The lowest BCUT2D eigenvalue weighted by Gasteiger charge is -2.41. The van der Waals surface area contributed by atoms with Crippen molar-refractivity contribution in [1.82, 2.24) is 34.9 Å². The fourth-order valence-electron chi connectivity index (χ4n) is 10.0. The van der Waals surface area contributed by atoms with Gasteiger partial charge in [0.25, 0.3) is 11.8 Å². The summed E-state index contributed by atoms with van der Waals surface area (Å²) in [5, 5.41) is 20.2. The molecule has 2 aromatic carbocycles. The molecule has 0 spiro atoms. The van der Waals surface area contributed by atoms with Crippen molar-refractivity contribution in [3.63, 3.8) is 0 Å². The number of benzene rings is 2.